The highest BCUT2D eigenvalue weighted by molar-refractivity contribution is 5.38. The number of nitrogen functional groups attached to an aromatic ring is 1. The van der Waals surface area contributed by atoms with E-state index in [4.69, 9.17) is 5.73 Å². The lowest BCUT2D eigenvalue weighted by Crippen LogP contribution is -2.03. The Bertz CT molecular complexity index is 263. The molecule has 0 aliphatic carbocycles. The average molecular weight is 167 g/mol. The topological polar surface area (TPSA) is 43.8 Å². The second-order valence-corrected chi connectivity index (χ2v) is 2.99. The first-order chi connectivity index (χ1) is 5.70. The van der Waals surface area contributed by atoms with E-state index >= 15 is 0 Å². The van der Waals surface area contributed by atoms with Crippen molar-refractivity contribution in [2.45, 2.75) is 40.2 Å². The fourth-order valence-corrected chi connectivity index (χ4v) is 1.46. The molecule has 3 heteroatoms. The van der Waals surface area contributed by atoms with Gasteiger partial charge in [-0.25, -0.2) is 4.98 Å². The van der Waals surface area contributed by atoms with Gasteiger partial charge >= 0.3 is 0 Å². The molecule has 0 aliphatic heterocycles. The summed E-state index contributed by atoms with van der Waals surface area (Å²) in [5.41, 5.74) is 6.95. The smallest absolute Gasteiger partial charge is 0.126 e. The van der Waals surface area contributed by atoms with Crippen LogP contribution in [-0.4, -0.2) is 9.55 Å². The maximum Gasteiger partial charge on any atom is 0.126 e. The van der Waals surface area contributed by atoms with Gasteiger partial charge < -0.3 is 10.3 Å². The van der Waals surface area contributed by atoms with Gasteiger partial charge in [0.1, 0.15) is 11.6 Å². The maximum atomic E-state index is 5.90. The van der Waals surface area contributed by atoms with Gasteiger partial charge in [0.15, 0.2) is 0 Å². The van der Waals surface area contributed by atoms with Gasteiger partial charge in [0.25, 0.3) is 0 Å². The van der Waals surface area contributed by atoms with Gasteiger partial charge in [0.05, 0.1) is 5.69 Å². The number of hydrogen-bond acceptors (Lipinski definition) is 2. The molecule has 0 fully saturated rings. The lowest BCUT2D eigenvalue weighted by Gasteiger charge is -2.02. The Kier molecular flexibility index (Phi) is 2.74. The summed E-state index contributed by atoms with van der Waals surface area (Å²) in [5, 5.41) is 0. The summed E-state index contributed by atoms with van der Waals surface area (Å²) in [6.07, 6.45) is 2.09. The largest absolute Gasteiger partial charge is 0.384 e. The summed E-state index contributed by atoms with van der Waals surface area (Å²) in [6, 6.07) is 0. The molecule has 0 amide bonds. The zero-order chi connectivity index (χ0) is 9.14. The first kappa shape index (κ1) is 9.10. The summed E-state index contributed by atoms with van der Waals surface area (Å²) in [4.78, 5) is 4.41. The molecule has 1 aromatic heterocycles. The molecule has 0 saturated carbocycles. The molecule has 0 aromatic carbocycles. The molecule has 3 nitrogen and oxygen atoms in total. The van der Waals surface area contributed by atoms with Crippen LogP contribution >= 0.6 is 0 Å². The molecule has 0 spiro atoms. The molecule has 0 radical (unpaired) electrons. The number of nitrogens with zero attached hydrogens (tertiary/aromatic N) is 2. The first-order valence-electron chi connectivity index (χ1n) is 4.52. The van der Waals surface area contributed by atoms with E-state index in [2.05, 4.69) is 18.8 Å². The molecular weight excluding hydrogens is 150 g/mol. The third-order valence-electron chi connectivity index (χ3n) is 2.08. The Balaban J connectivity index is 3.00. The Labute approximate surface area is 73.6 Å². The van der Waals surface area contributed by atoms with Crippen molar-refractivity contribution in [3.63, 3.8) is 0 Å². The van der Waals surface area contributed by atoms with Crippen molar-refractivity contribution in [1.29, 1.82) is 0 Å². The standard InChI is InChI=1S/C9H17N3/c1-4-6-8-9(10)12(5-2)7(3)11-8/h4-6,10H2,1-3H3. The number of rotatable bonds is 3. The molecule has 0 atom stereocenters. The van der Waals surface area contributed by atoms with Gasteiger partial charge in [0.2, 0.25) is 0 Å². The third-order valence-corrected chi connectivity index (χ3v) is 2.08. The molecule has 12 heavy (non-hydrogen) atoms. The lowest BCUT2D eigenvalue weighted by molar-refractivity contribution is 0.739. The van der Waals surface area contributed by atoms with Crippen molar-refractivity contribution in [3.05, 3.63) is 11.5 Å². The van der Waals surface area contributed by atoms with E-state index in [1.165, 1.54) is 0 Å². The van der Waals surface area contributed by atoms with Crippen molar-refractivity contribution in [1.82, 2.24) is 9.55 Å². The van der Waals surface area contributed by atoms with Crippen molar-refractivity contribution in [2.24, 2.45) is 0 Å². The van der Waals surface area contributed by atoms with Gasteiger partial charge in [-0.1, -0.05) is 13.3 Å². The van der Waals surface area contributed by atoms with E-state index in [0.717, 1.165) is 36.7 Å². The minimum absolute atomic E-state index is 0.844. The van der Waals surface area contributed by atoms with Crippen LogP contribution in [0.1, 0.15) is 31.8 Å². The van der Waals surface area contributed by atoms with Crippen molar-refractivity contribution in [3.8, 4) is 0 Å². The third kappa shape index (κ3) is 1.44. The molecule has 0 aliphatic rings. The summed E-state index contributed by atoms with van der Waals surface area (Å²) in [6.45, 7) is 7.13. The normalized spacial score (nSPS) is 10.6. The molecule has 1 heterocycles. The van der Waals surface area contributed by atoms with E-state index < -0.39 is 0 Å². The van der Waals surface area contributed by atoms with E-state index in [1.807, 2.05) is 11.5 Å². The number of anilines is 1. The number of nitrogens with two attached hydrogens (primary N) is 1. The second-order valence-electron chi connectivity index (χ2n) is 2.99. The molecule has 2 N–H and O–H groups in total. The average Bonchev–Trinajstić information content (AvgIpc) is 2.29. The van der Waals surface area contributed by atoms with E-state index in [0.29, 0.717) is 0 Å². The Hall–Kier alpha value is -0.990. The van der Waals surface area contributed by atoms with Crippen LogP contribution in [0.25, 0.3) is 0 Å². The molecule has 1 rings (SSSR count). The number of aromatic nitrogens is 2. The molecule has 0 bridgehead atoms. The van der Waals surface area contributed by atoms with E-state index in [1.54, 1.807) is 0 Å². The molecule has 0 saturated heterocycles. The van der Waals surface area contributed by atoms with Crippen molar-refractivity contribution >= 4 is 5.82 Å². The van der Waals surface area contributed by atoms with Crippen molar-refractivity contribution < 1.29 is 0 Å². The van der Waals surface area contributed by atoms with Crippen LogP contribution < -0.4 is 5.73 Å². The minimum Gasteiger partial charge on any atom is -0.384 e. The second kappa shape index (κ2) is 3.61. The van der Waals surface area contributed by atoms with Crippen LogP contribution in [0.4, 0.5) is 5.82 Å². The summed E-state index contributed by atoms with van der Waals surface area (Å²) >= 11 is 0. The van der Waals surface area contributed by atoms with Gasteiger partial charge in [-0.05, 0) is 20.3 Å². The van der Waals surface area contributed by atoms with Gasteiger partial charge in [-0.2, -0.15) is 0 Å². The Morgan fingerprint density at radius 3 is 2.50 bits per heavy atom. The van der Waals surface area contributed by atoms with E-state index in [9.17, 15) is 0 Å². The van der Waals surface area contributed by atoms with E-state index in [-0.39, 0.29) is 0 Å². The number of imidazole rings is 1. The van der Waals surface area contributed by atoms with Crippen LogP contribution in [0.5, 0.6) is 0 Å². The highest BCUT2D eigenvalue weighted by Gasteiger charge is 2.08. The van der Waals surface area contributed by atoms with Crippen LogP contribution in [-0.2, 0) is 13.0 Å². The minimum atomic E-state index is 0.844. The number of aryl methyl sites for hydroxylation is 2. The zero-order valence-electron chi connectivity index (χ0n) is 8.09. The molecule has 0 unspecified atom stereocenters. The molecular formula is C9H17N3. The number of hydrogen-bond donors (Lipinski definition) is 1. The maximum absolute atomic E-state index is 5.90. The predicted molar refractivity (Wildman–Crippen MR) is 51.0 cm³/mol. The van der Waals surface area contributed by atoms with Crippen LogP contribution in [0.15, 0.2) is 0 Å². The highest BCUT2D eigenvalue weighted by Crippen LogP contribution is 2.15. The Morgan fingerprint density at radius 1 is 1.42 bits per heavy atom. The summed E-state index contributed by atoms with van der Waals surface area (Å²) in [7, 11) is 0. The Morgan fingerprint density at radius 2 is 2.08 bits per heavy atom. The monoisotopic (exact) mass is 167 g/mol. The lowest BCUT2D eigenvalue weighted by atomic mass is 10.2. The first-order valence-corrected chi connectivity index (χ1v) is 4.52. The van der Waals surface area contributed by atoms with Gasteiger partial charge in [-0.15, -0.1) is 0 Å². The SMILES string of the molecule is CCCc1nc(C)n(CC)c1N. The van der Waals surface area contributed by atoms with Crippen LogP contribution in [0.3, 0.4) is 0 Å². The van der Waals surface area contributed by atoms with Crippen LogP contribution in [0, 0.1) is 6.92 Å². The van der Waals surface area contributed by atoms with Crippen LogP contribution in [0.2, 0.25) is 0 Å². The zero-order valence-corrected chi connectivity index (χ0v) is 8.09. The predicted octanol–water partition coefficient (Wildman–Crippen LogP) is 1.75. The summed E-state index contributed by atoms with van der Waals surface area (Å²) in [5.74, 6) is 1.87. The van der Waals surface area contributed by atoms with Gasteiger partial charge in [0, 0.05) is 6.54 Å². The fraction of sp³-hybridized carbons (Fsp3) is 0.667. The quantitative estimate of drug-likeness (QED) is 0.745. The highest BCUT2D eigenvalue weighted by atomic mass is 15.1. The molecule has 68 valence electrons. The summed E-state index contributed by atoms with van der Waals surface area (Å²) < 4.78 is 2.05. The van der Waals surface area contributed by atoms with Crippen molar-refractivity contribution in [2.75, 3.05) is 5.73 Å². The molecule has 1 aromatic rings. The van der Waals surface area contributed by atoms with Gasteiger partial charge in [-0.3, -0.25) is 0 Å². The fourth-order valence-electron chi connectivity index (χ4n) is 1.46.